The molecule has 1 fully saturated rings. The quantitative estimate of drug-likeness (QED) is 0.241. The minimum Gasteiger partial charge on any atom is -0.456 e. The Labute approximate surface area is 228 Å². The third-order valence-electron chi connectivity index (χ3n) is 5.57. The zero-order valence-corrected chi connectivity index (χ0v) is 22.2. The Morgan fingerprint density at radius 3 is 2.72 bits per heavy atom. The van der Waals surface area contributed by atoms with Gasteiger partial charge in [-0.1, -0.05) is 51.6 Å². The van der Waals surface area contributed by atoms with Crippen LogP contribution in [0.3, 0.4) is 0 Å². The molecule has 1 amide bonds. The van der Waals surface area contributed by atoms with E-state index in [0.717, 1.165) is 16.3 Å². The molecule has 4 atom stereocenters. The summed E-state index contributed by atoms with van der Waals surface area (Å²) >= 11 is 0. The van der Waals surface area contributed by atoms with Crippen molar-refractivity contribution in [2.45, 2.75) is 43.2 Å². The molecule has 3 N–H and O–H groups in total. The summed E-state index contributed by atoms with van der Waals surface area (Å²) in [4.78, 5) is 50.5. The lowest BCUT2D eigenvalue weighted by Crippen LogP contribution is -2.37. The van der Waals surface area contributed by atoms with Crippen LogP contribution in [-0.4, -0.2) is 64.3 Å². The van der Waals surface area contributed by atoms with Crippen molar-refractivity contribution >= 4 is 33.5 Å². The van der Waals surface area contributed by atoms with Gasteiger partial charge in [0.1, 0.15) is 24.0 Å². The molecule has 15 heteroatoms. The van der Waals surface area contributed by atoms with Gasteiger partial charge in [-0.3, -0.25) is 19.1 Å². The van der Waals surface area contributed by atoms with Crippen molar-refractivity contribution in [3.8, 4) is 11.8 Å². The molecule has 210 valence electrons. The second-order valence-corrected chi connectivity index (χ2v) is 11.0. The van der Waals surface area contributed by atoms with Crippen molar-refractivity contribution in [2.75, 3.05) is 19.4 Å². The highest BCUT2D eigenvalue weighted by molar-refractivity contribution is 8.76. The molecule has 10 nitrogen and oxygen atoms in total. The Balaban J connectivity index is 1.77. The number of alkyl halides is 3. The highest BCUT2D eigenvalue weighted by Gasteiger charge is 2.40. The zero-order valence-electron chi connectivity index (χ0n) is 20.6. The van der Waals surface area contributed by atoms with Gasteiger partial charge in [0.15, 0.2) is 0 Å². The number of nitrogens with one attached hydrogen (secondary N) is 2. The lowest BCUT2D eigenvalue weighted by molar-refractivity contribution is -0.173. The van der Waals surface area contributed by atoms with Crippen LogP contribution in [0.2, 0.25) is 0 Å². The molecule has 2 heterocycles. The van der Waals surface area contributed by atoms with E-state index >= 15 is 0 Å². The van der Waals surface area contributed by atoms with E-state index in [-0.39, 0.29) is 17.2 Å². The van der Waals surface area contributed by atoms with Crippen molar-refractivity contribution in [1.29, 1.82) is 0 Å². The highest BCUT2D eigenvalue weighted by atomic mass is 33.1. The number of aliphatic hydroxyl groups is 1. The smallest absolute Gasteiger partial charge is 0.456 e. The second kappa shape index (κ2) is 13.2. The molecule has 2 aromatic rings. The fourth-order valence-corrected chi connectivity index (χ4v) is 5.52. The number of amides is 1. The largest absolute Gasteiger partial charge is 0.471 e. The molecular weight excluding hydrogens is 563 g/mol. The number of halogens is 3. The van der Waals surface area contributed by atoms with Crippen LogP contribution in [0.25, 0.3) is 0 Å². The molecule has 1 aromatic heterocycles. The lowest BCUT2D eigenvalue weighted by atomic mass is 10.0. The number of carbonyl (C=O) groups excluding carboxylic acids is 2. The van der Waals surface area contributed by atoms with Crippen LogP contribution in [0.1, 0.15) is 46.3 Å². The molecule has 0 aliphatic carbocycles. The number of aromatic nitrogens is 2. The first-order valence-corrected chi connectivity index (χ1v) is 14.0. The van der Waals surface area contributed by atoms with E-state index in [9.17, 15) is 37.5 Å². The fourth-order valence-electron chi connectivity index (χ4n) is 3.75. The first-order valence-electron chi connectivity index (χ1n) is 11.4. The Morgan fingerprint density at radius 2 is 2.05 bits per heavy atom. The number of benzene rings is 1. The third kappa shape index (κ3) is 7.69. The van der Waals surface area contributed by atoms with Crippen LogP contribution in [0.5, 0.6) is 0 Å². The first-order chi connectivity index (χ1) is 18.5. The van der Waals surface area contributed by atoms with E-state index in [1.807, 2.05) is 30.3 Å². The third-order valence-corrected chi connectivity index (χ3v) is 7.75. The maximum atomic E-state index is 13.0. The van der Waals surface area contributed by atoms with Gasteiger partial charge in [0.2, 0.25) is 0 Å². The van der Waals surface area contributed by atoms with Gasteiger partial charge in [-0.15, -0.1) is 0 Å². The predicted octanol–water partition coefficient (Wildman–Crippen LogP) is 2.14. The molecule has 0 spiro atoms. The molecule has 2 unspecified atom stereocenters. The van der Waals surface area contributed by atoms with E-state index < -0.39 is 60.9 Å². The Morgan fingerprint density at radius 1 is 1.33 bits per heavy atom. The molecule has 1 aliphatic heterocycles. The number of rotatable bonds is 8. The fraction of sp³-hybridized carbons (Fsp3) is 0.417. The number of esters is 1. The normalized spacial score (nSPS) is 19.6. The van der Waals surface area contributed by atoms with E-state index in [1.165, 1.54) is 0 Å². The summed E-state index contributed by atoms with van der Waals surface area (Å²) in [6.07, 6.45) is -5.13. The second-order valence-electron chi connectivity index (χ2n) is 8.18. The number of hydrogen-bond donors (Lipinski definition) is 3. The zero-order chi connectivity index (χ0) is 28.7. The summed E-state index contributed by atoms with van der Waals surface area (Å²) in [5.41, 5.74) is -0.945. The number of carbonyl (C=O) groups is 2. The van der Waals surface area contributed by atoms with Crippen molar-refractivity contribution in [1.82, 2.24) is 14.9 Å². The first kappa shape index (κ1) is 30.4. The molecule has 0 radical (unpaired) electrons. The van der Waals surface area contributed by atoms with Crippen LogP contribution >= 0.6 is 21.6 Å². The van der Waals surface area contributed by atoms with Gasteiger partial charge in [0, 0.05) is 17.9 Å². The van der Waals surface area contributed by atoms with Crippen LogP contribution in [0, 0.1) is 11.8 Å². The highest BCUT2D eigenvalue weighted by Crippen LogP contribution is 2.38. The van der Waals surface area contributed by atoms with Crippen molar-refractivity contribution in [2.24, 2.45) is 0 Å². The van der Waals surface area contributed by atoms with Crippen LogP contribution < -0.4 is 16.6 Å². The van der Waals surface area contributed by atoms with E-state index in [4.69, 9.17) is 9.47 Å². The molecule has 39 heavy (non-hydrogen) atoms. The van der Waals surface area contributed by atoms with Crippen LogP contribution in [-0.2, 0) is 14.3 Å². The summed E-state index contributed by atoms with van der Waals surface area (Å²) in [5.74, 6) is 1.69. The number of hydrogen-bond acceptors (Lipinski definition) is 9. The Hall–Kier alpha value is -3.19. The van der Waals surface area contributed by atoms with Gasteiger partial charge < -0.3 is 19.9 Å². The SMILES string of the molecule is CSSC(C)c1ccccc1C(=O)O[C@@H]1C[C@H](n2cc(C#CCNC(=O)C(F)(F)F)c(=O)[nH]c2=O)OC1CO. The standard InChI is InChI=1S/C24H24F3N3O7S2/c1-13(39-38-2)15-7-3-4-8-16(15)21(33)37-17-10-19(36-18(17)12-31)30-11-14(20(32)29-23(30)35)6-5-9-28-22(34)24(25,26)27/h3-4,7-8,11,13,17-19,31H,9-10,12H2,1-2H3,(H,28,34)(H,29,32,35)/t13?,17-,18?,19-/m1/s1. The van der Waals surface area contributed by atoms with Gasteiger partial charge in [0.25, 0.3) is 5.56 Å². The molecular formula is C24H24F3N3O7S2. The molecule has 1 saturated heterocycles. The summed E-state index contributed by atoms with van der Waals surface area (Å²) < 4.78 is 49.1. The summed E-state index contributed by atoms with van der Waals surface area (Å²) in [5, 5.41) is 11.3. The van der Waals surface area contributed by atoms with E-state index in [2.05, 4.69) is 11.8 Å². The Kier molecular flexibility index (Phi) is 10.3. The summed E-state index contributed by atoms with van der Waals surface area (Å²) in [7, 11) is 3.12. The Bertz CT molecular complexity index is 1380. The average molecular weight is 588 g/mol. The van der Waals surface area contributed by atoms with Crippen molar-refractivity contribution < 1.29 is 37.3 Å². The van der Waals surface area contributed by atoms with Gasteiger partial charge in [-0.05, 0) is 24.8 Å². The van der Waals surface area contributed by atoms with Crippen molar-refractivity contribution in [3.63, 3.8) is 0 Å². The van der Waals surface area contributed by atoms with Crippen LogP contribution in [0.15, 0.2) is 40.1 Å². The topological polar surface area (TPSA) is 140 Å². The van der Waals surface area contributed by atoms with E-state index in [0.29, 0.717) is 5.56 Å². The monoisotopic (exact) mass is 587 g/mol. The summed E-state index contributed by atoms with van der Waals surface area (Å²) in [6, 6.07) is 6.96. The van der Waals surface area contributed by atoms with Gasteiger partial charge in [0.05, 0.1) is 18.7 Å². The molecule has 1 aliphatic rings. The van der Waals surface area contributed by atoms with Crippen LogP contribution in [0.4, 0.5) is 13.2 Å². The number of aromatic amines is 1. The maximum absolute atomic E-state index is 13.0. The number of H-pyrrole nitrogens is 1. The average Bonchev–Trinajstić information content (AvgIpc) is 3.29. The lowest BCUT2D eigenvalue weighted by Gasteiger charge is -2.19. The number of nitrogens with zero attached hydrogens (tertiary/aromatic N) is 1. The van der Waals surface area contributed by atoms with Gasteiger partial charge in [-0.2, -0.15) is 13.2 Å². The number of ether oxygens (including phenoxy) is 2. The molecule has 1 aromatic carbocycles. The van der Waals surface area contributed by atoms with Gasteiger partial charge >= 0.3 is 23.7 Å². The summed E-state index contributed by atoms with van der Waals surface area (Å²) in [6.45, 7) is 0.724. The predicted molar refractivity (Wildman–Crippen MR) is 138 cm³/mol. The molecule has 0 bridgehead atoms. The van der Waals surface area contributed by atoms with E-state index in [1.54, 1.807) is 39.0 Å². The minimum atomic E-state index is -5.08. The number of aliphatic hydroxyl groups excluding tert-OH is 1. The molecule has 3 rings (SSSR count). The maximum Gasteiger partial charge on any atom is 0.471 e. The molecule has 0 saturated carbocycles. The minimum absolute atomic E-state index is 0.00833. The van der Waals surface area contributed by atoms with Gasteiger partial charge in [-0.25, -0.2) is 9.59 Å². The van der Waals surface area contributed by atoms with Crippen molar-refractivity contribution in [3.05, 3.63) is 68.0 Å².